The van der Waals surface area contributed by atoms with Gasteiger partial charge in [0.2, 0.25) is 0 Å². The fourth-order valence-corrected chi connectivity index (χ4v) is 1.88. The van der Waals surface area contributed by atoms with E-state index in [0.717, 1.165) is 0 Å². The molecule has 1 aromatic carbocycles. The number of hydrogen-bond acceptors (Lipinski definition) is 4. The molecule has 0 bridgehead atoms. The van der Waals surface area contributed by atoms with Crippen LogP contribution in [0.15, 0.2) is 41.0 Å². The molecule has 0 spiro atoms. The zero-order valence-electron chi connectivity index (χ0n) is 10.7. The SMILES string of the molecule is O=C(O)c1ccnc(CNC(=O)c2ccc(Br)c(O)c2)c1. The normalized spacial score (nSPS) is 10.1. The van der Waals surface area contributed by atoms with Gasteiger partial charge < -0.3 is 15.5 Å². The van der Waals surface area contributed by atoms with Crippen molar-refractivity contribution in [1.29, 1.82) is 0 Å². The van der Waals surface area contributed by atoms with Crippen LogP contribution in [0, 0.1) is 0 Å². The summed E-state index contributed by atoms with van der Waals surface area (Å²) < 4.78 is 0.495. The van der Waals surface area contributed by atoms with Gasteiger partial charge in [0.05, 0.1) is 22.3 Å². The number of rotatable bonds is 4. The predicted octanol–water partition coefficient (Wildman–Crippen LogP) is 2.18. The van der Waals surface area contributed by atoms with Gasteiger partial charge in [-0.2, -0.15) is 0 Å². The van der Waals surface area contributed by atoms with Crippen LogP contribution in [0.5, 0.6) is 5.75 Å². The Morgan fingerprint density at radius 1 is 1.19 bits per heavy atom. The molecule has 0 atom stereocenters. The minimum atomic E-state index is -1.05. The standard InChI is InChI=1S/C14H11BrN2O4/c15-11-2-1-8(6-12(11)18)13(19)17-7-10-5-9(14(20)21)3-4-16-10/h1-6,18H,7H2,(H,17,19)(H,20,21). The summed E-state index contributed by atoms with van der Waals surface area (Å²) in [6.45, 7) is 0.0940. The molecule has 2 rings (SSSR count). The highest BCUT2D eigenvalue weighted by atomic mass is 79.9. The zero-order valence-corrected chi connectivity index (χ0v) is 12.3. The van der Waals surface area contributed by atoms with Crippen LogP contribution in [0.25, 0.3) is 0 Å². The molecule has 1 aromatic heterocycles. The fourth-order valence-electron chi connectivity index (χ4n) is 1.63. The topological polar surface area (TPSA) is 99.5 Å². The van der Waals surface area contributed by atoms with E-state index >= 15 is 0 Å². The number of hydrogen-bond donors (Lipinski definition) is 3. The smallest absolute Gasteiger partial charge is 0.335 e. The molecule has 0 radical (unpaired) electrons. The van der Waals surface area contributed by atoms with Crippen LogP contribution >= 0.6 is 15.9 Å². The van der Waals surface area contributed by atoms with Gasteiger partial charge in [0, 0.05) is 11.8 Å². The Balaban J connectivity index is 2.05. The minimum Gasteiger partial charge on any atom is -0.507 e. The molecule has 0 fully saturated rings. The molecule has 108 valence electrons. The highest BCUT2D eigenvalue weighted by Gasteiger charge is 2.09. The molecule has 0 saturated carbocycles. The number of aromatic nitrogens is 1. The average Bonchev–Trinajstić information content (AvgIpc) is 2.48. The number of aromatic carboxylic acids is 1. The van der Waals surface area contributed by atoms with Crippen LogP contribution in [0.4, 0.5) is 0 Å². The quantitative estimate of drug-likeness (QED) is 0.784. The molecular weight excluding hydrogens is 340 g/mol. The second-order valence-corrected chi connectivity index (χ2v) is 5.04. The van der Waals surface area contributed by atoms with Gasteiger partial charge in [-0.3, -0.25) is 9.78 Å². The van der Waals surface area contributed by atoms with Crippen LogP contribution in [-0.4, -0.2) is 27.1 Å². The van der Waals surface area contributed by atoms with Gasteiger partial charge in [0.1, 0.15) is 5.75 Å². The number of carbonyl (C=O) groups excluding carboxylic acids is 1. The Morgan fingerprint density at radius 3 is 2.62 bits per heavy atom. The van der Waals surface area contributed by atoms with Crippen LogP contribution in [-0.2, 0) is 6.54 Å². The van der Waals surface area contributed by atoms with Crippen molar-refractivity contribution in [3.8, 4) is 5.75 Å². The first-order valence-electron chi connectivity index (χ1n) is 5.92. The van der Waals surface area contributed by atoms with Crippen LogP contribution in [0.1, 0.15) is 26.4 Å². The van der Waals surface area contributed by atoms with Crippen LogP contribution in [0.2, 0.25) is 0 Å². The summed E-state index contributed by atoms with van der Waals surface area (Å²) in [4.78, 5) is 26.7. The average molecular weight is 351 g/mol. The third-order valence-corrected chi connectivity index (χ3v) is 3.37. The molecule has 6 nitrogen and oxygen atoms in total. The number of carboxylic acid groups (broad SMARTS) is 1. The number of halogens is 1. The molecule has 0 saturated heterocycles. The largest absolute Gasteiger partial charge is 0.507 e. The van der Waals surface area contributed by atoms with Gasteiger partial charge in [0.15, 0.2) is 0 Å². The van der Waals surface area contributed by atoms with E-state index in [9.17, 15) is 14.7 Å². The highest BCUT2D eigenvalue weighted by molar-refractivity contribution is 9.10. The van der Waals surface area contributed by atoms with E-state index in [1.54, 1.807) is 12.1 Å². The van der Waals surface area contributed by atoms with E-state index < -0.39 is 5.97 Å². The zero-order chi connectivity index (χ0) is 15.4. The summed E-state index contributed by atoms with van der Waals surface area (Å²) in [7, 11) is 0. The van der Waals surface area contributed by atoms with Gasteiger partial charge in [-0.1, -0.05) is 0 Å². The first-order valence-corrected chi connectivity index (χ1v) is 6.71. The molecule has 21 heavy (non-hydrogen) atoms. The number of nitrogens with one attached hydrogen (secondary N) is 1. The van der Waals surface area contributed by atoms with Crippen molar-refractivity contribution < 1.29 is 19.8 Å². The van der Waals surface area contributed by atoms with E-state index in [4.69, 9.17) is 5.11 Å². The lowest BCUT2D eigenvalue weighted by Crippen LogP contribution is -2.23. The Bertz CT molecular complexity index is 703. The van der Waals surface area contributed by atoms with Crippen molar-refractivity contribution in [3.05, 3.63) is 57.8 Å². The van der Waals surface area contributed by atoms with Gasteiger partial charge in [-0.25, -0.2) is 4.79 Å². The third kappa shape index (κ3) is 3.79. The van der Waals surface area contributed by atoms with Crippen molar-refractivity contribution in [2.75, 3.05) is 0 Å². The van der Waals surface area contributed by atoms with Gasteiger partial charge >= 0.3 is 5.97 Å². The lowest BCUT2D eigenvalue weighted by Gasteiger charge is -2.06. The maximum Gasteiger partial charge on any atom is 0.335 e. The lowest BCUT2D eigenvalue weighted by atomic mass is 10.2. The fraction of sp³-hybridized carbons (Fsp3) is 0.0714. The second kappa shape index (κ2) is 6.36. The van der Waals surface area contributed by atoms with E-state index in [1.807, 2.05) is 0 Å². The molecule has 0 aliphatic heterocycles. The highest BCUT2D eigenvalue weighted by Crippen LogP contribution is 2.24. The van der Waals surface area contributed by atoms with Crippen LogP contribution in [0.3, 0.4) is 0 Å². The number of pyridine rings is 1. The number of phenols is 1. The molecule has 7 heteroatoms. The van der Waals surface area contributed by atoms with Gasteiger partial charge in [0.25, 0.3) is 5.91 Å². The predicted molar refractivity (Wildman–Crippen MR) is 78.2 cm³/mol. The minimum absolute atomic E-state index is 0.0337. The number of amides is 1. The summed E-state index contributed by atoms with van der Waals surface area (Å²) in [5.74, 6) is -1.48. The molecular formula is C14H11BrN2O4. The lowest BCUT2D eigenvalue weighted by molar-refractivity contribution is 0.0696. The molecule has 0 aliphatic carbocycles. The van der Waals surface area contributed by atoms with Crippen LogP contribution < -0.4 is 5.32 Å². The summed E-state index contributed by atoms with van der Waals surface area (Å²) in [5.41, 5.74) is 0.838. The maximum absolute atomic E-state index is 11.9. The van der Waals surface area contributed by atoms with Crippen molar-refractivity contribution in [1.82, 2.24) is 10.3 Å². The van der Waals surface area contributed by atoms with Gasteiger partial charge in [-0.05, 0) is 46.3 Å². The maximum atomic E-state index is 11.9. The Morgan fingerprint density at radius 2 is 1.95 bits per heavy atom. The van der Waals surface area contributed by atoms with Crippen molar-refractivity contribution >= 4 is 27.8 Å². The molecule has 1 amide bonds. The molecule has 3 N–H and O–H groups in total. The van der Waals surface area contributed by atoms with Crippen molar-refractivity contribution in [3.63, 3.8) is 0 Å². The van der Waals surface area contributed by atoms with Crippen molar-refractivity contribution in [2.45, 2.75) is 6.54 Å². The summed E-state index contributed by atoms with van der Waals surface area (Å²) in [6.07, 6.45) is 1.37. The van der Waals surface area contributed by atoms with Crippen molar-refractivity contribution in [2.24, 2.45) is 0 Å². The molecule has 0 aliphatic rings. The number of benzene rings is 1. The summed E-state index contributed by atoms with van der Waals surface area (Å²) in [5, 5.41) is 21.0. The molecule has 0 unspecified atom stereocenters. The molecule has 2 aromatic rings. The number of carboxylic acids is 1. The van der Waals surface area contributed by atoms with Gasteiger partial charge in [-0.15, -0.1) is 0 Å². The Labute approximate surface area is 128 Å². The first kappa shape index (κ1) is 15.0. The Kier molecular flexibility index (Phi) is 4.54. The number of carbonyl (C=O) groups is 2. The number of nitrogens with zero attached hydrogens (tertiary/aromatic N) is 1. The number of phenolic OH excluding ortho intramolecular Hbond substituents is 1. The summed E-state index contributed by atoms with van der Waals surface area (Å²) in [6, 6.07) is 7.22. The van der Waals surface area contributed by atoms with E-state index in [0.29, 0.717) is 15.7 Å². The van der Waals surface area contributed by atoms with E-state index in [-0.39, 0.29) is 23.8 Å². The second-order valence-electron chi connectivity index (χ2n) is 4.19. The monoisotopic (exact) mass is 350 g/mol. The first-order chi connectivity index (χ1) is 9.97. The molecule has 1 heterocycles. The Hall–Kier alpha value is -2.41. The summed E-state index contributed by atoms with van der Waals surface area (Å²) >= 11 is 3.13. The third-order valence-electron chi connectivity index (χ3n) is 2.70. The number of aromatic hydroxyl groups is 1. The van der Waals surface area contributed by atoms with E-state index in [1.165, 1.54) is 24.4 Å². The van der Waals surface area contributed by atoms with E-state index in [2.05, 4.69) is 26.2 Å².